The van der Waals surface area contributed by atoms with Gasteiger partial charge in [0.1, 0.15) is 5.76 Å². The highest BCUT2D eigenvalue weighted by atomic mass is 16.4. The minimum Gasteiger partial charge on any atom is -0.443 e. The summed E-state index contributed by atoms with van der Waals surface area (Å²) in [5.74, 6) is 3.14. The van der Waals surface area contributed by atoms with Crippen LogP contribution in [0.3, 0.4) is 0 Å². The van der Waals surface area contributed by atoms with Gasteiger partial charge in [0.15, 0.2) is 5.96 Å². The van der Waals surface area contributed by atoms with E-state index in [2.05, 4.69) is 52.3 Å². The van der Waals surface area contributed by atoms with Gasteiger partial charge in [-0.1, -0.05) is 20.8 Å². The second-order valence-electron chi connectivity index (χ2n) is 8.10. The van der Waals surface area contributed by atoms with Gasteiger partial charge < -0.3 is 14.6 Å². The van der Waals surface area contributed by atoms with Crippen molar-refractivity contribution < 1.29 is 4.42 Å². The third-order valence-electron chi connectivity index (χ3n) is 4.77. The molecule has 1 unspecified atom stereocenters. The first-order valence-corrected chi connectivity index (χ1v) is 9.23. The van der Waals surface area contributed by atoms with Crippen molar-refractivity contribution in [1.82, 2.24) is 25.0 Å². The molecule has 0 aliphatic carbocycles. The van der Waals surface area contributed by atoms with Crippen LogP contribution in [0.15, 0.2) is 28.0 Å². The predicted octanol–water partition coefficient (Wildman–Crippen LogP) is 2.35. The van der Waals surface area contributed by atoms with Gasteiger partial charge in [-0.05, 0) is 24.3 Å². The van der Waals surface area contributed by atoms with E-state index in [0.29, 0.717) is 18.4 Å². The number of guanidine groups is 1. The second-order valence-corrected chi connectivity index (χ2v) is 8.10. The standard InChI is InChI=1S/C19H30N6O/c1-19(2,3)16-10-21-17(26-16)11-22-18(20-4)25-7-6-14(13-25)8-15-9-23-24(5)12-15/h9-10,12,14H,6-8,11,13H2,1-5H3,(H,20,22). The lowest BCUT2D eigenvalue weighted by Gasteiger charge is -2.21. The van der Waals surface area contributed by atoms with Gasteiger partial charge in [0.2, 0.25) is 5.89 Å². The summed E-state index contributed by atoms with van der Waals surface area (Å²) in [4.78, 5) is 11.1. The Morgan fingerprint density at radius 3 is 2.81 bits per heavy atom. The Balaban J connectivity index is 1.52. The molecule has 0 amide bonds. The maximum absolute atomic E-state index is 5.85. The van der Waals surface area contributed by atoms with Crippen LogP contribution in [0.1, 0.15) is 44.4 Å². The first-order valence-electron chi connectivity index (χ1n) is 9.23. The molecule has 0 saturated carbocycles. The fraction of sp³-hybridized carbons (Fsp3) is 0.632. The van der Waals surface area contributed by atoms with Gasteiger partial charge in [0, 0.05) is 38.8 Å². The highest BCUT2D eigenvalue weighted by molar-refractivity contribution is 5.80. The Labute approximate surface area is 155 Å². The van der Waals surface area contributed by atoms with Gasteiger partial charge >= 0.3 is 0 Å². The molecule has 0 radical (unpaired) electrons. The smallest absolute Gasteiger partial charge is 0.213 e. The van der Waals surface area contributed by atoms with E-state index < -0.39 is 0 Å². The molecule has 2 aromatic heterocycles. The summed E-state index contributed by atoms with van der Waals surface area (Å²) in [5.41, 5.74) is 1.28. The van der Waals surface area contributed by atoms with E-state index >= 15 is 0 Å². The maximum Gasteiger partial charge on any atom is 0.213 e. The van der Waals surface area contributed by atoms with Gasteiger partial charge in [0.05, 0.1) is 18.9 Å². The van der Waals surface area contributed by atoms with E-state index in [-0.39, 0.29) is 5.41 Å². The largest absolute Gasteiger partial charge is 0.443 e. The predicted molar refractivity (Wildman–Crippen MR) is 102 cm³/mol. The quantitative estimate of drug-likeness (QED) is 0.671. The molecule has 142 valence electrons. The average Bonchev–Trinajstić information content (AvgIpc) is 3.29. The Hall–Kier alpha value is -2.31. The Kier molecular flexibility index (Phi) is 5.34. The minimum atomic E-state index is -0.0264. The number of likely N-dealkylation sites (tertiary alicyclic amines) is 1. The lowest BCUT2D eigenvalue weighted by atomic mass is 9.94. The Morgan fingerprint density at radius 1 is 1.38 bits per heavy atom. The van der Waals surface area contributed by atoms with E-state index in [4.69, 9.17) is 4.42 Å². The zero-order valence-electron chi connectivity index (χ0n) is 16.5. The van der Waals surface area contributed by atoms with Crippen LogP contribution in [-0.2, 0) is 25.4 Å². The van der Waals surface area contributed by atoms with Gasteiger partial charge in [-0.2, -0.15) is 5.10 Å². The van der Waals surface area contributed by atoms with Crippen LogP contribution in [0, 0.1) is 5.92 Å². The number of aliphatic imine (C=N–C) groups is 1. The van der Waals surface area contributed by atoms with Crippen molar-refractivity contribution in [1.29, 1.82) is 0 Å². The number of hydrogen-bond donors (Lipinski definition) is 1. The summed E-state index contributed by atoms with van der Waals surface area (Å²) >= 11 is 0. The number of nitrogens with one attached hydrogen (secondary N) is 1. The van der Waals surface area contributed by atoms with Gasteiger partial charge in [0.25, 0.3) is 0 Å². The zero-order chi connectivity index (χ0) is 18.7. The third-order valence-corrected chi connectivity index (χ3v) is 4.77. The third kappa shape index (κ3) is 4.45. The fourth-order valence-electron chi connectivity index (χ4n) is 3.33. The van der Waals surface area contributed by atoms with Crippen molar-refractivity contribution in [2.75, 3.05) is 20.1 Å². The summed E-state index contributed by atoms with van der Waals surface area (Å²) in [6, 6.07) is 0. The highest BCUT2D eigenvalue weighted by Gasteiger charge is 2.26. The second kappa shape index (κ2) is 7.51. The average molecular weight is 358 g/mol. The molecule has 1 aliphatic rings. The molecule has 2 aromatic rings. The SMILES string of the molecule is CN=C(NCc1ncc(C(C)(C)C)o1)N1CCC(Cc2cnn(C)c2)C1. The van der Waals surface area contributed by atoms with Crippen molar-refractivity contribution in [3.63, 3.8) is 0 Å². The number of aromatic nitrogens is 3. The lowest BCUT2D eigenvalue weighted by Crippen LogP contribution is -2.39. The molecule has 1 fully saturated rings. The van der Waals surface area contributed by atoms with Crippen molar-refractivity contribution in [3.05, 3.63) is 35.8 Å². The molecule has 26 heavy (non-hydrogen) atoms. The van der Waals surface area contributed by atoms with Gasteiger partial charge in [-0.25, -0.2) is 4.98 Å². The summed E-state index contributed by atoms with van der Waals surface area (Å²) in [6.45, 7) is 8.94. The monoisotopic (exact) mass is 358 g/mol. The molecule has 0 bridgehead atoms. The zero-order valence-corrected chi connectivity index (χ0v) is 16.5. The number of hydrogen-bond acceptors (Lipinski definition) is 4. The van der Waals surface area contributed by atoms with Crippen LogP contribution in [-0.4, -0.2) is 45.8 Å². The van der Waals surface area contributed by atoms with Gasteiger partial charge in [-0.3, -0.25) is 9.67 Å². The van der Waals surface area contributed by atoms with Crippen molar-refractivity contribution in [3.8, 4) is 0 Å². The first-order chi connectivity index (χ1) is 12.3. The van der Waals surface area contributed by atoms with Crippen LogP contribution >= 0.6 is 0 Å². The first kappa shape index (κ1) is 18.5. The molecule has 1 N–H and O–H groups in total. The van der Waals surface area contributed by atoms with Crippen LogP contribution in [0.25, 0.3) is 0 Å². The molecule has 0 aromatic carbocycles. The number of nitrogens with zero attached hydrogens (tertiary/aromatic N) is 5. The molecule has 1 aliphatic heterocycles. The van der Waals surface area contributed by atoms with Crippen LogP contribution in [0.5, 0.6) is 0 Å². The molecule has 3 rings (SSSR count). The summed E-state index contributed by atoms with van der Waals surface area (Å²) in [6.07, 6.45) is 8.12. The number of rotatable bonds is 4. The van der Waals surface area contributed by atoms with Crippen LogP contribution in [0.2, 0.25) is 0 Å². The maximum atomic E-state index is 5.85. The van der Waals surface area contributed by atoms with Crippen molar-refractivity contribution in [2.45, 2.75) is 45.6 Å². The highest BCUT2D eigenvalue weighted by Crippen LogP contribution is 2.23. The number of aryl methyl sites for hydroxylation is 1. The van der Waals surface area contributed by atoms with E-state index in [1.165, 1.54) is 12.0 Å². The molecule has 7 heteroatoms. The van der Waals surface area contributed by atoms with E-state index in [1.807, 2.05) is 31.2 Å². The van der Waals surface area contributed by atoms with Crippen LogP contribution in [0.4, 0.5) is 0 Å². The molecule has 1 saturated heterocycles. The van der Waals surface area contributed by atoms with E-state index in [0.717, 1.165) is 31.2 Å². The molecule has 7 nitrogen and oxygen atoms in total. The lowest BCUT2D eigenvalue weighted by molar-refractivity contribution is 0.376. The minimum absolute atomic E-state index is 0.0264. The molecular formula is C19H30N6O. The molecule has 3 heterocycles. The van der Waals surface area contributed by atoms with Gasteiger partial charge in [-0.15, -0.1) is 0 Å². The molecule has 1 atom stereocenters. The van der Waals surface area contributed by atoms with E-state index in [9.17, 15) is 0 Å². The number of oxazole rings is 1. The fourth-order valence-corrected chi connectivity index (χ4v) is 3.33. The Morgan fingerprint density at radius 2 is 2.19 bits per heavy atom. The summed E-state index contributed by atoms with van der Waals surface area (Å²) in [7, 11) is 3.79. The molecular weight excluding hydrogens is 328 g/mol. The van der Waals surface area contributed by atoms with Crippen molar-refractivity contribution >= 4 is 5.96 Å². The van der Waals surface area contributed by atoms with Crippen molar-refractivity contribution in [2.24, 2.45) is 18.0 Å². The van der Waals surface area contributed by atoms with E-state index in [1.54, 1.807) is 0 Å². The molecule has 0 spiro atoms. The van der Waals surface area contributed by atoms with Crippen LogP contribution < -0.4 is 5.32 Å². The topological polar surface area (TPSA) is 71.5 Å². The normalized spacial score (nSPS) is 18.6. The summed E-state index contributed by atoms with van der Waals surface area (Å²) < 4.78 is 7.72. The Bertz CT molecular complexity index is 754. The summed E-state index contributed by atoms with van der Waals surface area (Å²) in [5, 5.41) is 7.64.